The van der Waals surface area contributed by atoms with Crippen LogP contribution in [0.3, 0.4) is 0 Å². The molecule has 2 rings (SSSR count). The highest BCUT2D eigenvalue weighted by atomic mass is 16.6. The van der Waals surface area contributed by atoms with E-state index in [1.807, 2.05) is 5.32 Å². The molecule has 9 nitrogen and oxygen atoms in total. The van der Waals surface area contributed by atoms with Crippen LogP contribution in [0.4, 0.5) is 4.79 Å². The van der Waals surface area contributed by atoms with Crippen LogP contribution >= 0.6 is 0 Å². The Morgan fingerprint density at radius 3 is 2.35 bits per heavy atom. The predicted molar refractivity (Wildman–Crippen MR) is 49.4 cm³/mol. The molecule has 2 aliphatic rings. The maximum absolute atomic E-state index is 11.6. The highest BCUT2D eigenvalue weighted by Gasteiger charge is 2.64. The lowest BCUT2D eigenvalue weighted by Gasteiger charge is -2.45. The van der Waals surface area contributed by atoms with Crippen molar-refractivity contribution >= 4 is 11.9 Å². The van der Waals surface area contributed by atoms with Crippen LogP contribution in [0.5, 0.6) is 0 Å². The molecule has 0 saturated carbocycles. The second-order valence-corrected chi connectivity index (χ2v) is 3.91. The fourth-order valence-corrected chi connectivity index (χ4v) is 2.06. The summed E-state index contributed by atoms with van der Waals surface area (Å²) in [5, 5.41) is 41.8. The molecule has 2 heterocycles. The van der Waals surface area contributed by atoms with Crippen LogP contribution in [0.2, 0.25) is 0 Å². The van der Waals surface area contributed by atoms with Gasteiger partial charge in [0.1, 0.15) is 18.3 Å². The van der Waals surface area contributed by atoms with E-state index >= 15 is 0 Å². The topological polar surface area (TPSA) is 148 Å². The van der Waals surface area contributed by atoms with Crippen LogP contribution in [0.25, 0.3) is 0 Å². The zero-order chi connectivity index (χ0) is 12.8. The van der Waals surface area contributed by atoms with E-state index in [4.69, 9.17) is 9.84 Å². The molecule has 1 unspecified atom stereocenters. The lowest BCUT2D eigenvalue weighted by Crippen LogP contribution is -2.74. The predicted octanol–water partition coefficient (Wildman–Crippen LogP) is -4.00. The number of carbonyl (C=O) groups excluding carboxylic acids is 2. The van der Waals surface area contributed by atoms with Gasteiger partial charge in [0.05, 0.1) is 6.61 Å². The van der Waals surface area contributed by atoms with Gasteiger partial charge in [-0.1, -0.05) is 0 Å². The van der Waals surface area contributed by atoms with Gasteiger partial charge in [0.2, 0.25) is 0 Å². The summed E-state index contributed by atoms with van der Waals surface area (Å²) in [6.07, 6.45) is -6.62. The van der Waals surface area contributed by atoms with E-state index in [-0.39, 0.29) is 0 Å². The molecule has 5 atom stereocenters. The smallest absolute Gasteiger partial charge is 0.322 e. The van der Waals surface area contributed by atoms with E-state index in [1.165, 1.54) is 0 Å². The van der Waals surface area contributed by atoms with Crippen LogP contribution in [0.15, 0.2) is 0 Å². The summed E-state index contributed by atoms with van der Waals surface area (Å²) in [6, 6.07) is -0.904. The first kappa shape index (κ1) is 12.2. The standard InChI is InChI=1S/C8H12N2O7/c11-1-2-3(12)8(4(13)5(14)17-2)6(15)9-7(16)10-8/h2-5,11-14H,1H2,(H2,9,10,15,16)/t2-,3-,4+,5?,8-/m1/s1. The molecule has 17 heavy (non-hydrogen) atoms. The number of carbonyl (C=O) groups is 2. The number of hydrogen-bond donors (Lipinski definition) is 6. The van der Waals surface area contributed by atoms with E-state index in [0.29, 0.717) is 0 Å². The summed E-state index contributed by atoms with van der Waals surface area (Å²) in [6.45, 7) is -0.685. The maximum atomic E-state index is 11.6. The number of aliphatic hydroxyl groups is 4. The fourth-order valence-electron chi connectivity index (χ4n) is 2.06. The second-order valence-electron chi connectivity index (χ2n) is 3.91. The minimum atomic E-state index is -2.11. The van der Waals surface area contributed by atoms with Gasteiger partial charge in [0.25, 0.3) is 5.91 Å². The van der Waals surface area contributed by atoms with Gasteiger partial charge in [0, 0.05) is 0 Å². The van der Waals surface area contributed by atoms with Gasteiger partial charge in [-0.05, 0) is 0 Å². The molecule has 0 aromatic heterocycles. The van der Waals surface area contributed by atoms with Gasteiger partial charge in [-0.2, -0.15) is 0 Å². The molecular weight excluding hydrogens is 236 g/mol. The number of ether oxygens (including phenoxy) is 1. The minimum absolute atomic E-state index is 0.685. The molecule has 0 aliphatic carbocycles. The summed E-state index contributed by atoms with van der Waals surface area (Å²) >= 11 is 0. The number of amides is 3. The van der Waals surface area contributed by atoms with Crippen LogP contribution in [0.1, 0.15) is 0 Å². The number of rotatable bonds is 1. The van der Waals surface area contributed by atoms with Gasteiger partial charge in [-0.25, -0.2) is 4.79 Å². The summed E-state index contributed by atoms with van der Waals surface area (Å²) in [5.74, 6) is -0.983. The van der Waals surface area contributed by atoms with Crippen molar-refractivity contribution in [3.8, 4) is 0 Å². The molecule has 2 fully saturated rings. The Morgan fingerprint density at radius 2 is 1.88 bits per heavy atom. The van der Waals surface area contributed by atoms with Crippen molar-refractivity contribution in [3.63, 3.8) is 0 Å². The highest BCUT2D eigenvalue weighted by Crippen LogP contribution is 2.31. The third-order valence-electron chi connectivity index (χ3n) is 2.97. The summed E-state index contributed by atoms with van der Waals surface area (Å²) < 4.78 is 4.70. The molecule has 6 N–H and O–H groups in total. The lowest BCUT2D eigenvalue weighted by molar-refractivity contribution is -0.276. The molecule has 0 aromatic carbocycles. The van der Waals surface area contributed by atoms with E-state index in [2.05, 4.69) is 5.32 Å². The van der Waals surface area contributed by atoms with E-state index in [9.17, 15) is 24.9 Å². The molecular formula is C8H12N2O7. The van der Waals surface area contributed by atoms with Crippen molar-refractivity contribution < 1.29 is 34.8 Å². The number of urea groups is 1. The molecule has 96 valence electrons. The van der Waals surface area contributed by atoms with Crippen molar-refractivity contribution in [2.24, 2.45) is 0 Å². The second kappa shape index (κ2) is 3.89. The number of hydrogen-bond acceptors (Lipinski definition) is 7. The average molecular weight is 248 g/mol. The van der Waals surface area contributed by atoms with Crippen LogP contribution in [-0.2, 0) is 9.53 Å². The van der Waals surface area contributed by atoms with Crippen LogP contribution < -0.4 is 10.6 Å². The summed E-state index contributed by atoms with van der Waals surface area (Å²) in [4.78, 5) is 22.7. The number of imide groups is 1. The number of aliphatic hydroxyl groups excluding tert-OH is 4. The average Bonchev–Trinajstić information content (AvgIpc) is 2.58. The van der Waals surface area contributed by atoms with Gasteiger partial charge >= 0.3 is 6.03 Å². The SMILES string of the molecule is O=C1NC(=O)[C@@]2(N1)[C@H](O)[C@@H](CO)OC(O)[C@@H]2O. The zero-order valence-electron chi connectivity index (χ0n) is 8.53. The molecule has 2 saturated heterocycles. The van der Waals surface area contributed by atoms with Gasteiger partial charge < -0.3 is 30.5 Å². The molecule has 3 amide bonds. The Balaban J connectivity index is 2.41. The third-order valence-corrected chi connectivity index (χ3v) is 2.97. The minimum Gasteiger partial charge on any atom is -0.394 e. The van der Waals surface area contributed by atoms with Crippen molar-refractivity contribution in [2.45, 2.75) is 30.1 Å². The lowest BCUT2D eigenvalue weighted by atomic mass is 9.81. The summed E-state index contributed by atoms with van der Waals surface area (Å²) in [7, 11) is 0. The van der Waals surface area contributed by atoms with Gasteiger partial charge in [-0.3, -0.25) is 10.1 Å². The van der Waals surface area contributed by atoms with Crippen molar-refractivity contribution in [3.05, 3.63) is 0 Å². The molecule has 0 radical (unpaired) electrons. The zero-order valence-corrected chi connectivity index (χ0v) is 8.53. The highest BCUT2D eigenvalue weighted by molar-refractivity contribution is 6.08. The summed E-state index contributed by atoms with van der Waals surface area (Å²) in [5.41, 5.74) is -2.11. The number of nitrogens with one attached hydrogen (secondary N) is 2. The van der Waals surface area contributed by atoms with Crippen LogP contribution in [0, 0.1) is 0 Å². The van der Waals surface area contributed by atoms with Crippen molar-refractivity contribution in [1.29, 1.82) is 0 Å². The molecule has 9 heteroatoms. The fraction of sp³-hybridized carbons (Fsp3) is 0.750. The van der Waals surface area contributed by atoms with E-state index in [0.717, 1.165) is 0 Å². The first-order valence-electron chi connectivity index (χ1n) is 4.87. The van der Waals surface area contributed by atoms with Gasteiger partial charge in [-0.15, -0.1) is 0 Å². The monoisotopic (exact) mass is 248 g/mol. The third kappa shape index (κ3) is 1.51. The maximum Gasteiger partial charge on any atom is 0.322 e. The van der Waals surface area contributed by atoms with Crippen LogP contribution in [-0.4, -0.2) is 69.1 Å². The largest absolute Gasteiger partial charge is 0.394 e. The Morgan fingerprint density at radius 1 is 1.24 bits per heavy atom. The first-order valence-corrected chi connectivity index (χ1v) is 4.87. The normalized spacial score (nSPS) is 45.9. The van der Waals surface area contributed by atoms with Crippen molar-refractivity contribution in [2.75, 3.05) is 6.61 Å². The Labute approximate surface area is 95.0 Å². The first-order chi connectivity index (χ1) is 7.93. The Kier molecular flexibility index (Phi) is 2.79. The molecule has 2 aliphatic heterocycles. The Hall–Kier alpha value is -1.26. The van der Waals surface area contributed by atoms with Crippen molar-refractivity contribution in [1.82, 2.24) is 10.6 Å². The molecule has 1 spiro atoms. The molecule has 0 bridgehead atoms. The Bertz CT molecular complexity index is 362. The molecule has 0 aromatic rings. The quantitative estimate of drug-likeness (QED) is 0.259. The van der Waals surface area contributed by atoms with Gasteiger partial charge in [0.15, 0.2) is 11.8 Å². The van der Waals surface area contributed by atoms with E-state index < -0.39 is 48.7 Å². The van der Waals surface area contributed by atoms with E-state index in [1.54, 1.807) is 0 Å².